The summed E-state index contributed by atoms with van der Waals surface area (Å²) in [5.74, 6) is 5.82. The van der Waals surface area contributed by atoms with Crippen molar-refractivity contribution >= 4 is 12.3 Å². The van der Waals surface area contributed by atoms with E-state index in [1.807, 2.05) is 30.3 Å². The number of rotatable bonds is 2. The van der Waals surface area contributed by atoms with Crippen LogP contribution in [0.1, 0.15) is 28.4 Å². The van der Waals surface area contributed by atoms with E-state index in [2.05, 4.69) is 11.8 Å². The molecule has 3 heteroatoms. The van der Waals surface area contributed by atoms with Gasteiger partial charge in [-0.2, -0.15) is 0 Å². The lowest BCUT2D eigenvalue weighted by Crippen LogP contribution is -2.03. The molecule has 0 aromatic heterocycles. The van der Waals surface area contributed by atoms with Gasteiger partial charge in [0.25, 0.3) is 0 Å². The lowest BCUT2D eigenvalue weighted by atomic mass is 10.1. The number of hydrogen-bond donors (Lipinski definition) is 0. The van der Waals surface area contributed by atoms with Gasteiger partial charge in [0.05, 0.1) is 5.56 Å². The molecule has 0 spiro atoms. The SMILES string of the molecule is CC(=O)Oc1ccc(C=O)cc1C#Cc1ccccc1. The molecule has 0 saturated heterocycles. The minimum absolute atomic E-state index is 0.353. The molecule has 0 fully saturated rings. The first-order chi connectivity index (χ1) is 9.69. The molecule has 0 N–H and O–H groups in total. The summed E-state index contributed by atoms with van der Waals surface area (Å²) in [6, 6.07) is 14.2. The number of ether oxygens (including phenoxy) is 1. The maximum atomic E-state index is 11.1. The van der Waals surface area contributed by atoms with E-state index in [0.717, 1.165) is 11.8 Å². The van der Waals surface area contributed by atoms with Crippen LogP contribution in [0.5, 0.6) is 5.75 Å². The summed E-state index contributed by atoms with van der Waals surface area (Å²) < 4.78 is 5.08. The van der Waals surface area contributed by atoms with Crippen LogP contribution in [0.4, 0.5) is 0 Å². The Balaban J connectivity index is 2.40. The van der Waals surface area contributed by atoms with Crippen LogP contribution in [0.2, 0.25) is 0 Å². The van der Waals surface area contributed by atoms with Gasteiger partial charge in [0.2, 0.25) is 0 Å². The molecule has 0 aliphatic heterocycles. The Morgan fingerprint density at radius 1 is 1.10 bits per heavy atom. The molecule has 98 valence electrons. The third kappa shape index (κ3) is 3.56. The van der Waals surface area contributed by atoms with Crippen molar-refractivity contribution in [2.75, 3.05) is 0 Å². The van der Waals surface area contributed by atoms with Crippen LogP contribution in [0.15, 0.2) is 48.5 Å². The number of aldehydes is 1. The maximum absolute atomic E-state index is 11.1. The summed E-state index contributed by atoms with van der Waals surface area (Å²) >= 11 is 0. The van der Waals surface area contributed by atoms with Crippen molar-refractivity contribution in [3.8, 4) is 17.6 Å². The molecule has 0 heterocycles. The zero-order valence-electron chi connectivity index (χ0n) is 10.9. The molecule has 0 amide bonds. The van der Waals surface area contributed by atoms with Crippen LogP contribution in [0, 0.1) is 11.8 Å². The number of esters is 1. The van der Waals surface area contributed by atoms with E-state index in [-0.39, 0.29) is 0 Å². The summed E-state index contributed by atoms with van der Waals surface area (Å²) in [4.78, 5) is 21.9. The van der Waals surface area contributed by atoms with Gasteiger partial charge in [-0.05, 0) is 30.3 Å². The van der Waals surface area contributed by atoms with Gasteiger partial charge in [-0.25, -0.2) is 0 Å². The van der Waals surface area contributed by atoms with Gasteiger partial charge in [-0.15, -0.1) is 0 Å². The molecule has 0 bridgehead atoms. The molecule has 2 aromatic carbocycles. The van der Waals surface area contributed by atoms with Gasteiger partial charge < -0.3 is 4.74 Å². The van der Waals surface area contributed by atoms with Gasteiger partial charge in [-0.3, -0.25) is 9.59 Å². The van der Waals surface area contributed by atoms with Crippen molar-refractivity contribution in [2.24, 2.45) is 0 Å². The van der Waals surface area contributed by atoms with E-state index in [0.29, 0.717) is 16.9 Å². The average Bonchev–Trinajstić information content (AvgIpc) is 2.47. The summed E-state index contributed by atoms with van der Waals surface area (Å²) in [6.45, 7) is 1.32. The van der Waals surface area contributed by atoms with E-state index in [4.69, 9.17) is 4.74 Å². The van der Waals surface area contributed by atoms with Crippen molar-refractivity contribution in [1.29, 1.82) is 0 Å². The molecule has 20 heavy (non-hydrogen) atoms. The van der Waals surface area contributed by atoms with Crippen molar-refractivity contribution in [2.45, 2.75) is 6.92 Å². The van der Waals surface area contributed by atoms with Gasteiger partial charge in [0.15, 0.2) is 0 Å². The van der Waals surface area contributed by atoms with Crippen LogP contribution in [0.25, 0.3) is 0 Å². The summed E-state index contributed by atoms with van der Waals surface area (Å²) in [6.07, 6.45) is 0.727. The molecule has 2 rings (SSSR count). The number of carbonyl (C=O) groups is 2. The predicted molar refractivity (Wildman–Crippen MR) is 75.6 cm³/mol. The zero-order chi connectivity index (χ0) is 14.4. The number of benzene rings is 2. The first kappa shape index (κ1) is 13.6. The largest absolute Gasteiger partial charge is 0.425 e. The topological polar surface area (TPSA) is 43.4 Å². The van der Waals surface area contributed by atoms with Gasteiger partial charge in [0, 0.05) is 18.1 Å². The Labute approximate surface area is 117 Å². The fraction of sp³-hybridized carbons (Fsp3) is 0.0588. The van der Waals surface area contributed by atoms with Crippen LogP contribution < -0.4 is 4.74 Å². The normalized spacial score (nSPS) is 9.25. The van der Waals surface area contributed by atoms with Crippen molar-refractivity contribution < 1.29 is 14.3 Å². The first-order valence-electron chi connectivity index (χ1n) is 6.04. The van der Waals surface area contributed by atoms with E-state index in [1.54, 1.807) is 18.2 Å². The Kier molecular flexibility index (Phi) is 4.31. The Morgan fingerprint density at radius 3 is 2.50 bits per heavy atom. The Morgan fingerprint density at radius 2 is 1.85 bits per heavy atom. The third-order valence-electron chi connectivity index (χ3n) is 2.51. The Hall–Kier alpha value is -2.86. The molecule has 0 aliphatic carbocycles. The molecule has 0 unspecified atom stereocenters. The van der Waals surface area contributed by atoms with Gasteiger partial charge in [0.1, 0.15) is 12.0 Å². The van der Waals surface area contributed by atoms with Gasteiger partial charge in [-0.1, -0.05) is 30.0 Å². The molecule has 0 atom stereocenters. The monoisotopic (exact) mass is 264 g/mol. The third-order valence-corrected chi connectivity index (χ3v) is 2.51. The molecule has 3 nitrogen and oxygen atoms in total. The highest BCUT2D eigenvalue weighted by atomic mass is 16.5. The standard InChI is InChI=1S/C17H12O3/c1-13(19)20-17-10-8-15(12-18)11-16(17)9-7-14-5-3-2-4-6-14/h2-6,8,10-12H,1H3. The second-order valence-corrected chi connectivity index (χ2v) is 4.08. The molecule has 0 aliphatic rings. The smallest absolute Gasteiger partial charge is 0.308 e. The average molecular weight is 264 g/mol. The first-order valence-corrected chi connectivity index (χ1v) is 6.04. The highest BCUT2D eigenvalue weighted by Gasteiger charge is 2.05. The number of carbonyl (C=O) groups excluding carboxylic acids is 2. The van der Waals surface area contributed by atoms with Crippen molar-refractivity contribution in [3.05, 3.63) is 65.2 Å². The summed E-state index contributed by atoms with van der Waals surface area (Å²) in [5, 5.41) is 0. The summed E-state index contributed by atoms with van der Waals surface area (Å²) in [7, 11) is 0. The molecular formula is C17H12O3. The number of hydrogen-bond acceptors (Lipinski definition) is 3. The predicted octanol–water partition coefficient (Wildman–Crippen LogP) is 2.82. The van der Waals surface area contributed by atoms with Crippen molar-refractivity contribution in [3.63, 3.8) is 0 Å². The highest BCUT2D eigenvalue weighted by Crippen LogP contribution is 2.19. The lowest BCUT2D eigenvalue weighted by Gasteiger charge is -2.04. The minimum atomic E-state index is -0.424. The van der Waals surface area contributed by atoms with E-state index >= 15 is 0 Å². The molecular weight excluding hydrogens is 252 g/mol. The summed E-state index contributed by atoms with van der Waals surface area (Å²) in [5.41, 5.74) is 1.84. The second kappa shape index (κ2) is 6.35. The minimum Gasteiger partial charge on any atom is -0.425 e. The van der Waals surface area contributed by atoms with E-state index in [9.17, 15) is 9.59 Å². The van der Waals surface area contributed by atoms with E-state index in [1.165, 1.54) is 6.92 Å². The fourth-order valence-electron chi connectivity index (χ4n) is 1.62. The van der Waals surface area contributed by atoms with Crippen LogP contribution in [-0.4, -0.2) is 12.3 Å². The van der Waals surface area contributed by atoms with Crippen LogP contribution >= 0.6 is 0 Å². The van der Waals surface area contributed by atoms with E-state index < -0.39 is 5.97 Å². The lowest BCUT2D eigenvalue weighted by molar-refractivity contribution is -0.131. The fourth-order valence-corrected chi connectivity index (χ4v) is 1.62. The second-order valence-electron chi connectivity index (χ2n) is 4.08. The molecule has 2 aromatic rings. The zero-order valence-corrected chi connectivity index (χ0v) is 10.9. The maximum Gasteiger partial charge on any atom is 0.308 e. The Bertz CT molecular complexity index is 691. The van der Waals surface area contributed by atoms with Crippen LogP contribution in [0.3, 0.4) is 0 Å². The highest BCUT2D eigenvalue weighted by molar-refractivity contribution is 5.77. The van der Waals surface area contributed by atoms with Gasteiger partial charge >= 0.3 is 5.97 Å². The quantitative estimate of drug-likeness (QED) is 0.362. The van der Waals surface area contributed by atoms with Crippen molar-refractivity contribution in [1.82, 2.24) is 0 Å². The van der Waals surface area contributed by atoms with Crippen LogP contribution in [-0.2, 0) is 4.79 Å². The molecule has 0 radical (unpaired) electrons. The molecule has 0 saturated carbocycles.